The number of nitrogens with one attached hydrogen (secondary N) is 1. The maximum absolute atomic E-state index is 11.2. The summed E-state index contributed by atoms with van der Waals surface area (Å²) in [7, 11) is 2.31. The number of amides is 1. The molecule has 2 aliphatic heterocycles. The maximum atomic E-state index is 11.2. The molecule has 0 unspecified atom stereocenters. The summed E-state index contributed by atoms with van der Waals surface area (Å²) >= 11 is 0. The molecule has 2 fully saturated rings. The molecule has 0 radical (unpaired) electrons. The number of carbonyl (C=O) groups excluding carboxylic acids is 1. The fraction of sp³-hybridized carbons (Fsp3) is 0.900. The van der Waals surface area contributed by atoms with Crippen molar-refractivity contribution in [2.24, 2.45) is 0 Å². The van der Waals surface area contributed by atoms with Gasteiger partial charge in [-0.05, 0) is 12.8 Å². The monoisotopic (exact) mass is 183 g/mol. The number of rotatable bonds is 0. The molecule has 3 heteroatoms. The Morgan fingerprint density at radius 3 is 3.08 bits per heavy atom. The number of nitrogens with zero attached hydrogens (tertiary/aromatic N) is 1. The molecule has 74 valence electrons. The van der Waals surface area contributed by atoms with Gasteiger partial charge in [-0.25, -0.2) is 0 Å². The van der Waals surface area contributed by atoms with Crippen LogP contribution in [0, 0.1) is 0 Å². The quantitative estimate of drug-likeness (QED) is 0.545. The highest BCUT2D eigenvalue weighted by Crippen LogP contribution is 2.25. The van der Waals surface area contributed by atoms with Gasteiger partial charge < -0.3 is 9.80 Å². The normalized spacial score (nSPS) is 40.4. The summed E-state index contributed by atoms with van der Waals surface area (Å²) in [5.74, 6) is 0.244. The number of hydrogen-bond donors (Lipinski definition) is 1. The fourth-order valence-electron chi connectivity index (χ4n) is 2.64. The van der Waals surface area contributed by atoms with Gasteiger partial charge in [-0.15, -0.1) is 0 Å². The van der Waals surface area contributed by atoms with E-state index in [1.807, 2.05) is 0 Å². The first-order valence-electron chi connectivity index (χ1n) is 5.32. The molecule has 0 spiro atoms. The molecule has 0 aromatic rings. The van der Waals surface area contributed by atoms with E-state index in [2.05, 4.69) is 12.4 Å². The molecule has 2 rings (SSSR count). The van der Waals surface area contributed by atoms with Crippen LogP contribution in [0.5, 0.6) is 0 Å². The second kappa shape index (κ2) is 3.29. The van der Waals surface area contributed by atoms with Crippen LogP contribution >= 0.6 is 0 Å². The number of likely N-dealkylation sites (N-methyl/N-ethyl adjacent to an activating group) is 1. The molecule has 0 bridgehead atoms. The minimum absolute atomic E-state index is 0.244. The van der Waals surface area contributed by atoms with E-state index in [9.17, 15) is 4.79 Å². The van der Waals surface area contributed by atoms with Crippen molar-refractivity contribution in [3.05, 3.63) is 0 Å². The molecule has 0 aliphatic carbocycles. The zero-order valence-corrected chi connectivity index (χ0v) is 8.38. The van der Waals surface area contributed by atoms with Gasteiger partial charge in [0.15, 0.2) is 0 Å². The smallest absolute Gasteiger partial charge is 0.225 e. The van der Waals surface area contributed by atoms with Crippen LogP contribution in [0.3, 0.4) is 0 Å². The highest BCUT2D eigenvalue weighted by Gasteiger charge is 2.37. The van der Waals surface area contributed by atoms with Crippen LogP contribution < -0.4 is 5.32 Å². The van der Waals surface area contributed by atoms with Crippen molar-refractivity contribution in [2.45, 2.75) is 31.7 Å². The summed E-state index contributed by atoms with van der Waals surface area (Å²) in [4.78, 5) is 11.2. The van der Waals surface area contributed by atoms with Gasteiger partial charge in [0.2, 0.25) is 5.91 Å². The van der Waals surface area contributed by atoms with E-state index in [0.29, 0.717) is 12.5 Å². The lowest BCUT2D eigenvalue weighted by Gasteiger charge is -2.43. The van der Waals surface area contributed by atoms with Crippen molar-refractivity contribution >= 4 is 5.91 Å². The van der Waals surface area contributed by atoms with E-state index in [1.165, 1.54) is 25.8 Å². The molecule has 1 N–H and O–H groups in total. The lowest BCUT2D eigenvalue weighted by Crippen LogP contribution is -2.57. The maximum Gasteiger partial charge on any atom is 0.225 e. The fourth-order valence-corrected chi connectivity index (χ4v) is 2.64. The zero-order valence-electron chi connectivity index (χ0n) is 8.38. The van der Waals surface area contributed by atoms with E-state index in [0.717, 1.165) is 17.6 Å². The predicted molar refractivity (Wildman–Crippen MR) is 51.2 cm³/mol. The van der Waals surface area contributed by atoms with Gasteiger partial charge >= 0.3 is 0 Å². The van der Waals surface area contributed by atoms with E-state index < -0.39 is 0 Å². The first kappa shape index (κ1) is 9.00. The SMILES string of the molecule is C[N@@+]12CCCC[C@H]1CNC(=O)CC2. The van der Waals surface area contributed by atoms with E-state index in [-0.39, 0.29) is 5.91 Å². The Morgan fingerprint density at radius 2 is 2.23 bits per heavy atom. The van der Waals surface area contributed by atoms with Crippen LogP contribution in [-0.4, -0.2) is 43.1 Å². The van der Waals surface area contributed by atoms with Crippen molar-refractivity contribution in [2.75, 3.05) is 26.7 Å². The van der Waals surface area contributed by atoms with Crippen LogP contribution in [0.2, 0.25) is 0 Å². The van der Waals surface area contributed by atoms with Gasteiger partial charge in [0.1, 0.15) is 6.04 Å². The second-order valence-electron chi connectivity index (χ2n) is 4.63. The van der Waals surface area contributed by atoms with Crippen LogP contribution in [0.4, 0.5) is 0 Å². The van der Waals surface area contributed by atoms with Crippen LogP contribution in [0.1, 0.15) is 25.7 Å². The molecule has 0 aromatic carbocycles. The Bertz CT molecular complexity index is 217. The highest BCUT2D eigenvalue weighted by molar-refractivity contribution is 5.76. The van der Waals surface area contributed by atoms with Crippen molar-refractivity contribution in [3.8, 4) is 0 Å². The molecule has 0 aromatic heterocycles. The minimum Gasteiger partial charge on any atom is -0.350 e. The standard InChI is InChI=1S/C10H18N2O/c1-12-6-3-2-4-9(12)8-11-10(13)5-7-12/h9H,2-8H2,1H3/p+1/t9-,12-/m0/s1. The number of hydrogen-bond acceptors (Lipinski definition) is 1. The summed E-state index contributed by atoms with van der Waals surface area (Å²) < 4.78 is 1.12. The Hall–Kier alpha value is -0.570. The van der Waals surface area contributed by atoms with E-state index in [4.69, 9.17) is 0 Å². The van der Waals surface area contributed by atoms with Gasteiger partial charge in [0.05, 0.1) is 33.1 Å². The van der Waals surface area contributed by atoms with Gasteiger partial charge in [0, 0.05) is 6.42 Å². The topological polar surface area (TPSA) is 29.1 Å². The molecular weight excluding hydrogens is 164 g/mol. The first-order chi connectivity index (χ1) is 6.21. The molecule has 3 nitrogen and oxygen atoms in total. The lowest BCUT2D eigenvalue weighted by molar-refractivity contribution is -0.935. The highest BCUT2D eigenvalue weighted by atomic mass is 16.1. The third-order valence-electron chi connectivity index (χ3n) is 3.72. The Kier molecular flexibility index (Phi) is 2.28. The molecule has 1 amide bonds. The average molecular weight is 183 g/mol. The Labute approximate surface area is 79.7 Å². The van der Waals surface area contributed by atoms with E-state index >= 15 is 0 Å². The third kappa shape index (κ3) is 1.70. The minimum atomic E-state index is 0.244. The number of quaternary nitrogens is 1. The summed E-state index contributed by atoms with van der Waals surface area (Å²) in [5, 5.41) is 3.01. The number of fused-ring (bicyclic) bond motifs is 1. The van der Waals surface area contributed by atoms with Crippen LogP contribution in [0.25, 0.3) is 0 Å². The molecule has 2 saturated heterocycles. The van der Waals surface area contributed by atoms with Crippen molar-refractivity contribution in [3.63, 3.8) is 0 Å². The number of carbonyl (C=O) groups is 1. The lowest BCUT2D eigenvalue weighted by atomic mass is 9.99. The van der Waals surface area contributed by atoms with Gasteiger partial charge in [-0.1, -0.05) is 0 Å². The zero-order chi connectivity index (χ0) is 9.31. The van der Waals surface area contributed by atoms with Crippen molar-refractivity contribution in [1.82, 2.24) is 5.32 Å². The van der Waals surface area contributed by atoms with E-state index in [1.54, 1.807) is 0 Å². The van der Waals surface area contributed by atoms with Crippen LogP contribution in [-0.2, 0) is 4.79 Å². The Balaban J connectivity index is 2.11. The number of piperidine rings is 1. The largest absolute Gasteiger partial charge is 0.350 e. The summed E-state index contributed by atoms with van der Waals surface area (Å²) in [6.07, 6.45) is 4.68. The van der Waals surface area contributed by atoms with Crippen molar-refractivity contribution < 1.29 is 9.28 Å². The summed E-state index contributed by atoms with van der Waals surface area (Å²) in [6.45, 7) is 3.20. The Morgan fingerprint density at radius 1 is 1.38 bits per heavy atom. The van der Waals surface area contributed by atoms with Crippen molar-refractivity contribution in [1.29, 1.82) is 0 Å². The molecule has 13 heavy (non-hydrogen) atoms. The summed E-state index contributed by atoms with van der Waals surface area (Å²) in [5.41, 5.74) is 0. The molecule has 0 saturated carbocycles. The molecule has 2 aliphatic rings. The molecular formula is C10H19N2O+. The van der Waals surface area contributed by atoms with Gasteiger partial charge in [0.25, 0.3) is 0 Å². The van der Waals surface area contributed by atoms with Crippen LogP contribution in [0.15, 0.2) is 0 Å². The average Bonchev–Trinajstić information content (AvgIpc) is 2.27. The second-order valence-corrected chi connectivity index (χ2v) is 4.63. The van der Waals surface area contributed by atoms with Gasteiger partial charge in [-0.2, -0.15) is 0 Å². The molecule has 2 heterocycles. The molecule has 2 atom stereocenters. The predicted octanol–water partition coefficient (Wildman–Crippen LogP) is 0.505. The van der Waals surface area contributed by atoms with Gasteiger partial charge in [-0.3, -0.25) is 4.79 Å². The first-order valence-corrected chi connectivity index (χ1v) is 5.32. The summed E-state index contributed by atoms with van der Waals surface area (Å²) in [6, 6.07) is 0.681. The third-order valence-corrected chi connectivity index (χ3v) is 3.72.